The van der Waals surface area contributed by atoms with Crippen LogP contribution in [0.5, 0.6) is 23.0 Å². The molecule has 0 atom stereocenters. The van der Waals surface area contributed by atoms with Crippen LogP contribution in [0.25, 0.3) is 0 Å². The number of aromatic hydroxyl groups is 4. The average molecular weight is 344 g/mol. The normalized spacial score (nSPS) is 11.7. The van der Waals surface area contributed by atoms with Crippen LogP contribution in [0.3, 0.4) is 0 Å². The molecule has 25 heavy (non-hydrogen) atoms. The summed E-state index contributed by atoms with van der Waals surface area (Å²) < 4.78 is 0. The Morgan fingerprint density at radius 3 is 1.36 bits per heavy atom. The Morgan fingerprint density at radius 2 is 1.04 bits per heavy atom. The van der Waals surface area contributed by atoms with Crippen molar-refractivity contribution in [1.29, 1.82) is 0 Å². The molecular formula is C21H28O4. The lowest BCUT2D eigenvalue weighted by atomic mass is 9.75. The molecule has 0 aromatic heterocycles. The Hall–Kier alpha value is -2.36. The minimum atomic E-state index is -0.694. The van der Waals surface area contributed by atoms with Crippen molar-refractivity contribution in [3.05, 3.63) is 46.5 Å². The van der Waals surface area contributed by atoms with Gasteiger partial charge in [0.25, 0.3) is 0 Å². The van der Waals surface area contributed by atoms with Gasteiger partial charge in [-0.2, -0.15) is 0 Å². The molecule has 0 aliphatic carbocycles. The lowest BCUT2D eigenvalue weighted by molar-refractivity contribution is 0.411. The van der Waals surface area contributed by atoms with Gasteiger partial charge in [-0.05, 0) is 25.0 Å². The van der Waals surface area contributed by atoms with Crippen molar-refractivity contribution >= 4 is 0 Å². The van der Waals surface area contributed by atoms with Gasteiger partial charge in [0, 0.05) is 27.7 Å². The molecule has 0 aliphatic rings. The van der Waals surface area contributed by atoms with E-state index in [9.17, 15) is 20.4 Å². The van der Waals surface area contributed by atoms with E-state index in [0.717, 1.165) is 12.8 Å². The Labute approximate surface area is 149 Å². The van der Waals surface area contributed by atoms with Crippen LogP contribution in [0.15, 0.2) is 24.3 Å². The fraction of sp³-hybridized carbons (Fsp3) is 0.429. The number of rotatable bonds is 6. The van der Waals surface area contributed by atoms with E-state index in [1.165, 1.54) is 0 Å². The fourth-order valence-corrected chi connectivity index (χ4v) is 3.40. The molecule has 4 N–H and O–H groups in total. The summed E-state index contributed by atoms with van der Waals surface area (Å²) in [6, 6.07) is 6.56. The third-order valence-corrected chi connectivity index (χ3v) is 4.86. The molecule has 0 bridgehead atoms. The molecule has 0 radical (unpaired) electrons. The zero-order valence-electron chi connectivity index (χ0n) is 15.4. The molecule has 4 heteroatoms. The molecule has 2 aromatic carbocycles. The van der Waals surface area contributed by atoms with E-state index in [-0.39, 0.29) is 23.0 Å². The van der Waals surface area contributed by atoms with E-state index in [2.05, 4.69) is 0 Å². The molecule has 0 saturated carbocycles. The van der Waals surface area contributed by atoms with E-state index < -0.39 is 5.41 Å². The van der Waals surface area contributed by atoms with Crippen molar-refractivity contribution in [3.8, 4) is 23.0 Å². The summed E-state index contributed by atoms with van der Waals surface area (Å²) in [5.41, 5.74) is 1.63. The third kappa shape index (κ3) is 3.39. The smallest absolute Gasteiger partial charge is 0.126 e. The van der Waals surface area contributed by atoms with Crippen molar-refractivity contribution in [3.63, 3.8) is 0 Å². The molecular weight excluding hydrogens is 316 g/mol. The molecule has 2 aromatic rings. The van der Waals surface area contributed by atoms with Gasteiger partial charge in [-0.15, -0.1) is 0 Å². The maximum Gasteiger partial charge on any atom is 0.126 e. The quantitative estimate of drug-likeness (QED) is 0.610. The van der Waals surface area contributed by atoms with E-state index in [4.69, 9.17) is 0 Å². The highest BCUT2D eigenvalue weighted by molar-refractivity contribution is 5.59. The highest BCUT2D eigenvalue weighted by Crippen LogP contribution is 2.46. The second-order valence-electron chi connectivity index (χ2n) is 7.04. The number of phenolic OH excluding ortho intramolecular Hbond substituents is 4. The zero-order chi connectivity index (χ0) is 18.8. The first-order valence-corrected chi connectivity index (χ1v) is 8.84. The van der Waals surface area contributed by atoms with Crippen molar-refractivity contribution < 1.29 is 20.4 Å². The summed E-state index contributed by atoms with van der Waals surface area (Å²) in [6.07, 6.45) is 2.75. The topological polar surface area (TPSA) is 80.9 Å². The van der Waals surface area contributed by atoms with Gasteiger partial charge in [-0.3, -0.25) is 0 Å². The summed E-state index contributed by atoms with van der Waals surface area (Å²) in [4.78, 5) is 0. The van der Waals surface area contributed by atoms with Crippen LogP contribution in [-0.4, -0.2) is 20.4 Å². The molecule has 0 unspecified atom stereocenters. The van der Waals surface area contributed by atoms with Gasteiger partial charge in [-0.25, -0.2) is 0 Å². The van der Waals surface area contributed by atoms with Crippen LogP contribution in [0.2, 0.25) is 0 Å². The van der Waals surface area contributed by atoms with Gasteiger partial charge in [0.1, 0.15) is 23.0 Å². The molecule has 0 aliphatic heterocycles. The second-order valence-corrected chi connectivity index (χ2v) is 7.04. The van der Waals surface area contributed by atoms with Crippen molar-refractivity contribution in [2.45, 2.75) is 58.8 Å². The lowest BCUT2D eigenvalue weighted by Gasteiger charge is -2.29. The second kappa shape index (κ2) is 7.26. The standard InChI is InChI=1S/C21H28O4/c1-5-7-13-17(22)11-9-15(19(13)24)21(3,4)16-10-12-18(23)14(8-6-2)20(16)25/h9-12,22-25H,5-8H2,1-4H3. The lowest BCUT2D eigenvalue weighted by Crippen LogP contribution is -2.20. The first-order chi connectivity index (χ1) is 11.8. The summed E-state index contributed by atoms with van der Waals surface area (Å²) in [5, 5.41) is 41.5. The van der Waals surface area contributed by atoms with Gasteiger partial charge in [0.05, 0.1) is 0 Å². The molecule has 0 spiro atoms. The van der Waals surface area contributed by atoms with Gasteiger partial charge in [-0.1, -0.05) is 52.7 Å². The van der Waals surface area contributed by atoms with Gasteiger partial charge >= 0.3 is 0 Å². The zero-order valence-corrected chi connectivity index (χ0v) is 15.4. The minimum Gasteiger partial charge on any atom is -0.508 e. The van der Waals surface area contributed by atoms with E-state index in [0.29, 0.717) is 35.1 Å². The fourth-order valence-electron chi connectivity index (χ4n) is 3.40. The summed E-state index contributed by atoms with van der Waals surface area (Å²) in [6.45, 7) is 7.80. The highest BCUT2D eigenvalue weighted by Gasteiger charge is 2.32. The first-order valence-electron chi connectivity index (χ1n) is 8.84. The summed E-state index contributed by atoms with van der Waals surface area (Å²) in [7, 11) is 0. The van der Waals surface area contributed by atoms with Crippen LogP contribution in [0.4, 0.5) is 0 Å². The SMILES string of the molecule is CCCc1c(O)ccc(C(C)(C)c2ccc(O)c(CCC)c2O)c1O. The molecule has 0 fully saturated rings. The number of hydrogen-bond donors (Lipinski definition) is 4. The predicted octanol–water partition coefficient (Wildman–Crippen LogP) is 4.74. The highest BCUT2D eigenvalue weighted by atomic mass is 16.3. The molecule has 2 rings (SSSR count). The molecule has 136 valence electrons. The van der Waals surface area contributed by atoms with Gasteiger partial charge in [0.15, 0.2) is 0 Å². The van der Waals surface area contributed by atoms with E-state index >= 15 is 0 Å². The van der Waals surface area contributed by atoms with Crippen LogP contribution < -0.4 is 0 Å². The van der Waals surface area contributed by atoms with E-state index in [1.807, 2.05) is 27.7 Å². The van der Waals surface area contributed by atoms with Crippen LogP contribution in [-0.2, 0) is 18.3 Å². The molecule has 0 heterocycles. The monoisotopic (exact) mass is 344 g/mol. The van der Waals surface area contributed by atoms with Crippen LogP contribution in [0, 0.1) is 0 Å². The van der Waals surface area contributed by atoms with Crippen LogP contribution in [0.1, 0.15) is 62.8 Å². The van der Waals surface area contributed by atoms with Gasteiger partial charge < -0.3 is 20.4 Å². The number of benzene rings is 2. The Balaban J connectivity index is 2.64. The number of phenols is 4. The summed E-state index contributed by atoms with van der Waals surface area (Å²) in [5.74, 6) is 0.300. The average Bonchev–Trinajstić information content (AvgIpc) is 2.54. The Kier molecular flexibility index (Phi) is 5.51. The first kappa shape index (κ1) is 19.0. The van der Waals surface area contributed by atoms with Crippen molar-refractivity contribution in [2.24, 2.45) is 0 Å². The number of hydrogen-bond acceptors (Lipinski definition) is 4. The molecule has 0 amide bonds. The Bertz CT molecular complexity index is 699. The van der Waals surface area contributed by atoms with Crippen molar-refractivity contribution in [2.75, 3.05) is 0 Å². The van der Waals surface area contributed by atoms with Crippen molar-refractivity contribution in [1.82, 2.24) is 0 Å². The van der Waals surface area contributed by atoms with Gasteiger partial charge in [0.2, 0.25) is 0 Å². The molecule has 0 saturated heterocycles. The maximum atomic E-state index is 10.7. The minimum absolute atomic E-state index is 0.0661. The summed E-state index contributed by atoms with van der Waals surface area (Å²) >= 11 is 0. The largest absolute Gasteiger partial charge is 0.508 e. The maximum absolute atomic E-state index is 10.7. The Morgan fingerprint density at radius 1 is 0.680 bits per heavy atom. The molecule has 4 nitrogen and oxygen atoms in total. The van der Waals surface area contributed by atoms with E-state index in [1.54, 1.807) is 24.3 Å². The third-order valence-electron chi connectivity index (χ3n) is 4.86. The van der Waals surface area contributed by atoms with Crippen LogP contribution >= 0.6 is 0 Å². The predicted molar refractivity (Wildman–Crippen MR) is 99.7 cm³/mol.